The number of piperazine rings is 1. The number of nitrogens with zero attached hydrogens (tertiary/aromatic N) is 3. The molecule has 2 heterocycles. The monoisotopic (exact) mass is 465 g/mol. The minimum atomic E-state index is -0.546. The third-order valence-corrected chi connectivity index (χ3v) is 6.20. The average Bonchev–Trinajstić information content (AvgIpc) is 2.81. The van der Waals surface area contributed by atoms with Crippen LogP contribution in [-0.4, -0.2) is 67.1 Å². The number of halogens is 1. The highest BCUT2D eigenvalue weighted by Gasteiger charge is 2.19. The number of carbonyl (C=O) groups is 1. The van der Waals surface area contributed by atoms with Crippen LogP contribution in [0.25, 0.3) is 22.4 Å². The lowest BCUT2D eigenvalue weighted by atomic mass is 9.93. The number of likely N-dealkylation sites (N-methyl/N-ethyl adjacent to an activating group) is 1. The lowest BCUT2D eigenvalue weighted by molar-refractivity contribution is 0.100. The van der Waals surface area contributed by atoms with Gasteiger partial charge in [-0.3, -0.25) is 14.7 Å². The first-order valence-electron chi connectivity index (χ1n) is 10.9. The zero-order valence-corrected chi connectivity index (χ0v) is 19.4. The van der Waals surface area contributed by atoms with E-state index in [1.165, 1.54) is 0 Å². The minimum Gasteiger partial charge on any atom is -0.491 e. The summed E-state index contributed by atoms with van der Waals surface area (Å²) in [6, 6.07) is 14.6. The molecule has 0 bridgehead atoms. The van der Waals surface area contributed by atoms with Crippen molar-refractivity contribution in [3.8, 4) is 28.1 Å². The number of rotatable bonds is 7. The molecule has 1 aliphatic rings. The van der Waals surface area contributed by atoms with E-state index < -0.39 is 5.91 Å². The quantitative estimate of drug-likeness (QED) is 0.519. The van der Waals surface area contributed by atoms with Crippen molar-refractivity contribution in [2.75, 3.05) is 52.1 Å². The van der Waals surface area contributed by atoms with Crippen LogP contribution in [0.3, 0.4) is 0 Å². The van der Waals surface area contributed by atoms with Crippen LogP contribution in [0.4, 0.5) is 5.69 Å². The second-order valence-corrected chi connectivity index (χ2v) is 8.58. The number of nitrogen functional groups attached to an aromatic ring is 1. The molecule has 0 saturated carbocycles. The van der Waals surface area contributed by atoms with Gasteiger partial charge in [-0.15, -0.1) is 0 Å². The van der Waals surface area contributed by atoms with E-state index in [-0.39, 0.29) is 0 Å². The van der Waals surface area contributed by atoms with E-state index in [1.54, 1.807) is 24.4 Å². The van der Waals surface area contributed by atoms with E-state index in [0.29, 0.717) is 45.5 Å². The van der Waals surface area contributed by atoms with E-state index >= 15 is 0 Å². The molecule has 1 aliphatic heterocycles. The van der Waals surface area contributed by atoms with Gasteiger partial charge < -0.3 is 21.1 Å². The molecule has 4 N–H and O–H groups in total. The SMILES string of the molecule is CN1CCN(CCOc2cnc(-c3ccc(C(N)=O)c(-c4ccccc4)c3N)c(Cl)c2)CC1. The Balaban J connectivity index is 1.55. The highest BCUT2D eigenvalue weighted by Crippen LogP contribution is 2.39. The number of aromatic nitrogens is 1. The van der Waals surface area contributed by atoms with Gasteiger partial charge in [-0.25, -0.2) is 0 Å². The van der Waals surface area contributed by atoms with Crippen molar-refractivity contribution < 1.29 is 9.53 Å². The third-order valence-electron chi connectivity index (χ3n) is 5.92. The summed E-state index contributed by atoms with van der Waals surface area (Å²) in [5.74, 6) is 0.0590. The highest BCUT2D eigenvalue weighted by molar-refractivity contribution is 6.33. The van der Waals surface area contributed by atoms with Gasteiger partial charge in [0.2, 0.25) is 5.91 Å². The molecule has 1 saturated heterocycles. The predicted molar refractivity (Wildman–Crippen MR) is 132 cm³/mol. The lowest BCUT2D eigenvalue weighted by Gasteiger charge is -2.32. The normalized spacial score (nSPS) is 14.8. The molecule has 0 atom stereocenters. The Bertz CT molecular complexity index is 1130. The molecular formula is C25H28ClN5O2. The molecular weight excluding hydrogens is 438 g/mol. The first-order chi connectivity index (χ1) is 15.9. The maximum atomic E-state index is 12.0. The van der Waals surface area contributed by atoms with Crippen LogP contribution < -0.4 is 16.2 Å². The Morgan fingerprint density at radius 3 is 2.52 bits per heavy atom. The first-order valence-corrected chi connectivity index (χ1v) is 11.3. The van der Waals surface area contributed by atoms with Gasteiger partial charge in [0.25, 0.3) is 0 Å². The van der Waals surface area contributed by atoms with Gasteiger partial charge in [-0.05, 0) is 24.7 Å². The number of carbonyl (C=O) groups excluding carboxylic acids is 1. The zero-order chi connectivity index (χ0) is 23.4. The summed E-state index contributed by atoms with van der Waals surface area (Å²) in [5, 5.41) is 0.421. The fraction of sp³-hybridized carbons (Fsp3) is 0.280. The molecule has 33 heavy (non-hydrogen) atoms. The van der Waals surface area contributed by atoms with E-state index in [2.05, 4.69) is 21.8 Å². The van der Waals surface area contributed by atoms with E-state index in [4.69, 9.17) is 27.8 Å². The molecule has 3 aromatic rings. The van der Waals surface area contributed by atoms with Gasteiger partial charge in [0.05, 0.1) is 16.9 Å². The van der Waals surface area contributed by atoms with Gasteiger partial charge >= 0.3 is 0 Å². The Kier molecular flexibility index (Phi) is 7.13. The molecule has 0 aliphatic carbocycles. The second-order valence-electron chi connectivity index (χ2n) is 8.17. The lowest BCUT2D eigenvalue weighted by Crippen LogP contribution is -2.45. The van der Waals surface area contributed by atoms with Crippen LogP contribution >= 0.6 is 11.6 Å². The van der Waals surface area contributed by atoms with Crippen molar-refractivity contribution in [1.82, 2.24) is 14.8 Å². The summed E-state index contributed by atoms with van der Waals surface area (Å²) >= 11 is 6.57. The number of nitrogens with two attached hydrogens (primary N) is 2. The summed E-state index contributed by atoms with van der Waals surface area (Å²) in [5.41, 5.74) is 15.4. The molecule has 172 valence electrons. The molecule has 0 unspecified atom stereocenters. The number of pyridine rings is 1. The summed E-state index contributed by atoms with van der Waals surface area (Å²) < 4.78 is 5.89. The Morgan fingerprint density at radius 1 is 1.12 bits per heavy atom. The van der Waals surface area contributed by atoms with E-state index in [0.717, 1.165) is 38.3 Å². The summed E-state index contributed by atoms with van der Waals surface area (Å²) in [6.45, 7) is 5.65. The van der Waals surface area contributed by atoms with Gasteiger partial charge in [0.1, 0.15) is 12.4 Å². The van der Waals surface area contributed by atoms with Gasteiger partial charge in [0, 0.05) is 61.2 Å². The molecule has 7 nitrogen and oxygen atoms in total. The maximum Gasteiger partial charge on any atom is 0.249 e. The third kappa shape index (κ3) is 5.27. The fourth-order valence-corrected chi connectivity index (χ4v) is 4.27. The van der Waals surface area contributed by atoms with E-state index in [1.807, 2.05) is 30.3 Å². The molecule has 0 radical (unpaired) electrons. The zero-order valence-electron chi connectivity index (χ0n) is 18.6. The molecule has 8 heteroatoms. The molecule has 1 fully saturated rings. The van der Waals surface area contributed by atoms with Crippen molar-refractivity contribution in [1.29, 1.82) is 0 Å². The largest absolute Gasteiger partial charge is 0.491 e. The van der Waals surface area contributed by atoms with Crippen LogP contribution in [0.1, 0.15) is 10.4 Å². The fourth-order valence-electron chi connectivity index (χ4n) is 4.01. The standard InChI is InChI=1S/C25H28ClN5O2/c1-30-9-11-31(12-10-30)13-14-33-18-15-21(26)24(29-16-18)20-8-7-19(25(28)32)22(23(20)27)17-5-3-2-4-6-17/h2-8,15-16H,9-14,27H2,1H3,(H2,28,32). The van der Waals surface area contributed by atoms with Crippen LogP contribution in [0.2, 0.25) is 5.02 Å². The topological polar surface area (TPSA) is 97.7 Å². The summed E-state index contributed by atoms with van der Waals surface area (Å²) in [6.07, 6.45) is 1.65. The Morgan fingerprint density at radius 2 is 1.85 bits per heavy atom. The van der Waals surface area contributed by atoms with Crippen LogP contribution in [0.5, 0.6) is 5.75 Å². The number of benzene rings is 2. The highest BCUT2D eigenvalue weighted by atomic mass is 35.5. The number of ether oxygens (including phenoxy) is 1. The predicted octanol–water partition coefficient (Wildman–Crippen LogP) is 3.38. The molecule has 0 spiro atoms. The number of hydrogen-bond donors (Lipinski definition) is 2. The van der Waals surface area contributed by atoms with Crippen molar-refractivity contribution in [3.05, 3.63) is 65.3 Å². The molecule has 2 aromatic carbocycles. The van der Waals surface area contributed by atoms with Crippen LogP contribution in [0.15, 0.2) is 54.7 Å². The van der Waals surface area contributed by atoms with Crippen molar-refractivity contribution in [3.63, 3.8) is 0 Å². The number of amides is 1. The Hall–Kier alpha value is -3.13. The summed E-state index contributed by atoms with van der Waals surface area (Å²) in [7, 11) is 2.14. The Labute approximate surface area is 198 Å². The van der Waals surface area contributed by atoms with E-state index in [9.17, 15) is 4.79 Å². The second kappa shape index (κ2) is 10.2. The average molecular weight is 466 g/mol. The molecule has 1 aromatic heterocycles. The van der Waals surface area contributed by atoms with Crippen molar-refractivity contribution in [2.45, 2.75) is 0 Å². The number of primary amides is 1. The number of anilines is 1. The van der Waals surface area contributed by atoms with Crippen molar-refractivity contribution >= 4 is 23.2 Å². The molecule has 4 rings (SSSR count). The minimum absolute atomic E-state index is 0.349. The number of hydrogen-bond acceptors (Lipinski definition) is 6. The van der Waals surface area contributed by atoms with Gasteiger partial charge in [-0.2, -0.15) is 0 Å². The van der Waals surface area contributed by atoms with Crippen LogP contribution in [0, 0.1) is 0 Å². The first kappa shape index (κ1) is 23.0. The van der Waals surface area contributed by atoms with Crippen LogP contribution in [-0.2, 0) is 0 Å². The smallest absolute Gasteiger partial charge is 0.249 e. The maximum absolute atomic E-state index is 12.0. The molecule has 1 amide bonds. The van der Waals surface area contributed by atoms with Crippen molar-refractivity contribution in [2.24, 2.45) is 5.73 Å². The van der Waals surface area contributed by atoms with Gasteiger partial charge in [-0.1, -0.05) is 41.9 Å². The summed E-state index contributed by atoms with van der Waals surface area (Å²) in [4.78, 5) is 21.3. The van der Waals surface area contributed by atoms with Gasteiger partial charge in [0.15, 0.2) is 0 Å².